The normalized spacial score (nSPS) is 25.8. The topological polar surface area (TPSA) is 41.6 Å². The quantitative estimate of drug-likeness (QED) is 0.709. The van der Waals surface area contributed by atoms with E-state index < -0.39 is 0 Å². The van der Waals surface area contributed by atoms with E-state index in [-0.39, 0.29) is 5.97 Å². The third-order valence-corrected chi connectivity index (χ3v) is 3.23. The highest BCUT2D eigenvalue weighted by molar-refractivity contribution is 5.71. The first kappa shape index (κ1) is 13.5. The van der Waals surface area contributed by atoms with Crippen molar-refractivity contribution in [3.8, 4) is 0 Å². The van der Waals surface area contributed by atoms with Crippen LogP contribution in [0, 0.1) is 5.92 Å². The van der Waals surface area contributed by atoms with Gasteiger partial charge in [-0.2, -0.15) is 0 Å². The second-order valence-electron chi connectivity index (χ2n) is 4.94. The summed E-state index contributed by atoms with van der Waals surface area (Å²) in [5.74, 6) is 0.654. The average Bonchev–Trinajstić information content (AvgIpc) is 2.27. The third kappa shape index (κ3) is 4.94. The van der Waals surface area contributed by atoms with Gasteiger partial charge in [0.05, 0.1) is 13.7 Å². The fourth-order valence-electron chi connectivity index (χ4n) is 2.37. The van der Waals surface area contributed by atoms with Crippen LogP contribution in [0.4, 0.5) is 0 Å². The van der Waals surface area contributed by atoms with Gasteiger partial charge in [0, 0.05) is 12.6 Å². The number of carbonyl (C=O) groups excluding carboxylic acids is 1. The smallest absolute Gasteiger partial charge is 0.319 e. The van der Waals surface area contributed by atoms with Crippen LogP contribution in [0.25, 0.3) is 0 Å². The molecule has 0 amide bonds. The van der Waals surface area contributed by atoms with E-state index in [4.69, 9.17) is 0 Å². The van der Waals surface area contributed by atoms with Gasteiger partial charge in [0.25, 0.3) is 0 Å². The Morgan fingerprint density at radius 3 is 2.44 bits per heavy atom. The van der Waals surface area contributed by atoms with Crippen molar-refractivity contribution in [1.82, 2.24) is 10.2 Å². The van der Waals surface area contributed by atoms with Crippen molar-refractivity contribution < 1.29 is 9.53 Å². The number of esters is 1. The van der Waals surface area contributed by atoms with Gasteiger partial charge in [-0.1, -0.05) is 0 Å². The first-order valence-electron chi connectivity index (χ1n) is 6.06. The predicted molar refractivity (Wildman–Crippen MR) is 64.3 cm³/mol. The number of hydrogen-bond donors (Lipinski definition) is 1. The highest BCUT2D eigenvalue weighted by atomic mass is 16.5. The SMILES string of the molecule is COC(=O)CNC1CCC(CN(C)C)CC1. The Hall–Kier alpha value is -0.610. The average molecular weight is 228 g/mol. The van der Waals surface area contributed by atoms with Gasteiger partial charge < -0.3 is 15.0 Å². The van der Waals surface area contributed by atoms with Gasteiger partial charge in [-0.25, -0.2) is 0 Å². The van der Waals surface area contributed by atoms with Crippen LogP contribution in [0.5, 0.6) is 0 Å². The number of ether oxygens (including phenoxy) is 1. The van der Waals surface area contributed by atoms with Crippen LogP contribution in [-0.4, -0.2) is 51.2 Å². The molecule has 0 radical (unpaired) electrons. The van der Waals surface area contributed by atoms with Gasteiger partial charge in [0.15, 0.2) is 0 Å². The first-order valence-corrected chi connectivity index (χ1v) is 6.06. The summed E-state index contributed by atoms with van der Waals surface area (Å²) in [6.45, 7) is 1.53. The Morgan fingerprint density at radius 2 is 1.94 bits per heavy atom. The molecule has 1 N–H and O–H groups in total. The van der Waals surface area contributed by atoms with E-state index in [1.165, 1.54) is 39.3 Å². The van der Waals surface area contributed by atoms with Crippen LogP contribution in [0.15, 0.2) is 0 Å². The summed E-state index contributed by atoms with van der Waals surface area (Å²) in [6, 6.07) is 0.498. The number of methoxy groups -OCH3 is 1. The van der Waals surface area contributed by atoms with Crippen molar-refractivity contribution >= 4 is 5.97 Å². The zero-order chi connectivity index (χ0) is 12.0. The maximum Gasteiger partial charge on any atom is 0.319 e. The third-order valence-electron chi connectivity index (χ3n) is 3.23. The lowest BCUT2D eigenvalue weighted by molar-refractivity contribution is -0.139. The highest BCUT2D eigenvalue weighted by Gasteiger charge is 2.21. The summed E-state index contributed by atoms with van der Waals surface area (Å²) in [6.07, 6.45) is 4.87. The Kier molecular flexibility index (Phi) is 5.77. The molecule has 16 heavy (non-hydrogen) atoms. The van der Waals surface area contributed by atoms with Gasteiger partial charge in [-0.3, -0.25) is 4.79 Å². The molecule has 0 unspecified atom stereocenters. The van der Waals surface area contributed by atoms with Gasteiger partial charge in [-0.15, -0.1) is 0 Å². The molecule has 0 aromatic carbocycles. The Morgan fingerprint density at radius 1 is 1.31 bits per heavy atom. The molecule has 0 aromatic rings. The molecular formula is C12H24N2O2. The lowest BCUT2D eigenvalue weighted by atomic mass is 9.86. The van der Waals surface area contributed by atoms with Crippen LogP contribution in [-0.2, 0) is 9.53 Å². The van der Waals surface area contributed by atoms with Crippen LogP contribution in [0.3, 0.4) is 0 Å². The van der Waals surface area contributed by atoms with Crippen LogP contribution in [0.2, 0.25) is 0 Å². The number of carbonyl (C=O) groups is 1. The molecule has 0 atom stereocenters. The highest BCUT2D eigenvalue weighted by Crippen LogP contribution is 2.24. The summed E-state index contributed by atoms with van der Waals surface area (Å²) >= 11 is 0. The first-order chi connectivity index (χ1) is 7.61. The van der Waals surface area contributed by atoms with E-state index in [0.717, 1.165) is 5.92 Å². The van der Waals surface area contributed by atoms with E-state index in [1.807, 2.05) is 0 Å². The summed E-state index contributed by atoms with van der Waals surface area (Å²) in [7, 11) is 5.68. The molecule has 1 saturated carbocycles. The molecule has 0 heterocycles. The molecule has 0 spiro atoms. The fraction of sp³-hybridized carbons (Fsp3) is 0.917. The molecule has 0 aromatic heterocycles. The van der Waals surface area contributed by atoms with Crippen molar-refractivity contribution in [3.05, 3.63) is 0 Å². The molecule has 1 fully saturated rings. The summed E-state index contributed by atoms with van der Waals surface area (Å²) in [5.41, 5.74) is 0. The predicted octanol–water partition coefficient (Wildman–Crippen LogP) is 0.869. The number of hydrogen-bond acceptors (Lipinski definition) is 4. The molecule has 94 valence electrons. The molecule has 1 aliphatic rings. The van der Waals surface area contributed by atoms with Gasteiger partial charge in [-0.05, 0) is 45.7 Å². The van der Waals surface area contributed by atoms with Crippen LogP contribution >= 0.6 is 0 Å². The molecule has 4 heteroatoms. The molecule has 0 aliphatic heterocycles. The molecule has 0 bridgehead atoms. The molecule has 1 aliphatic carbocycles. The Balaban J connectivity index is 2.14. The minimum atomic E-state index is -0.171. The summed E-state index contributed by atoms with van der Waals surface area (Å²) < 4.78 is 4.61. The number of rotatable bonds is 5. The number of nitrogens with one attached hydrogen (secondary N) is 1. The minimum absolute atomic E-state index is 0.171. The van der Waals surface area contributed by atoms with E-state index in [0.29, 0.717) is 12.6 Å². The van der Waals surface area contributed by atoms with Crippen molar-refractivity contribution in [2.45, 2.75) is 31.7 Å². The molecular weight excluding hydrogens is 204 g/mol. The second kappa shape index (κ2) is 6.86. The zero-order valence-electron chi connectivity index (χ0n) is 10.7. The standard InChI is InChI=1S/C12H24N2O2/c1-14(2)9-10-4-6-11(7-5-10)13-8-12(15)16-3/h10-11,13H,4-9H2,1-3H3. The fourth-order valence-corrected chi connectivity index (χ4v) is 2.37. The van der Waals surface area contributed by atoms with Crippen molar-refractivity contribution in [3.63, 3.8) is 0 Å². The lowest BCUT2D eigenvalue weighted by Crippen LogP contribution is -2.38. The van der Waals surface area contributed by atoms with Crippen LogP contribution in [0.1, 0.15) is 25.7 Å². The van der Waals surface area contributed by atoms with Crippen molar-refractivity contribution in [2.24, 2.45) is 5.92 Å². The summed E-state index contributed by atoms with van der Waals surface area (Å²) in [5, 5.41) is 3.26. The number of nitrogens with zero attached hydrogens (tertiary/aromatic N) is 1. The minimum Gasteiger partial charge on any atom is -0.468 e. The second-order valence-corrected chi connectivity index (χ2v) is 4.94. The van der Waals surface area contributed by atoms with E-state index in [9.17, 15) is 4.79 Å². The van der Waals surface area contributed by atoms with Gasteiger partial charge in [0.1, 0.15) is 0 Å². The lowest BCUT2D eigenvalue weighted by Gasteiger charge is -2.30. The maximum absolute atomic E-state index is 11.0. The monoisotopic (exact) mass is 228 g/mol. The molecule has 1 rings (SSSR count). The molecule has 0 saturated heterocycles. The largest absolute Gasteiger partial charge is 0.468 e. The Labute approximate surface area is 98.3 Å². The van der Waals surface area contributed by atoms with Crippen molar-refractivity contribution in [2.75, 3.05) is 34.3 Å². The maximum atomic E-state index is 11.0. The van der Waals surface area contributed by atoms with E-state index in [1.54, 1.807) is 0 Å². The molecule has 4 nitrogen and oxygen atoms in total. The van der Waals surface area contributed by atoms with Crippen LogP contribution < -0.4 is 5.32 Å². The van der Waals surface area contributed by atoms with E-state index >= 15 is 0 Å². The Bertz CT molecular complexity index is 211. The zero-order valence-corrected chi connectivity index (χ0v) is 10.7. The van der Waals surface area contributed by atoms with Crippen molar-refractivity contribution in [1.29, 1.82) is 0 Å². The van der Waals surface area contributed by atoms with Gasteiger partial charge in [0.2, 0.25) is 0 Å². The van der Waals surface area contributed by atoms with Gasteiger partial charge >= 0.3 is 5.97 Å². The van der Waals surface area contributed by atoms with E-state index in [2.05, 4.69) is 29.0 Å². The summed E-state index contributed by atoms with van der Waals surface area (Å²) in [4.78, 5) is 13.2.